The molecule has 6 heteroatoms. The number of allylic oxidation sites excluding steroid dienone is 2. The summed E-state index contributed by atoms with van der Waals surface area (Å²) in [6.07, 6.45) is 5.25. The Bertz CT molecular complexity index is 828. The van der Waals surface area contributed by atoms with Crippen LogP contribution in [0.2, 0.25) is 0 Å². The van der Waals surface area contributed by atoms with E-state index in [1.807, 2.05) is 18.2 Å². The van der Waals surface area contributed by atoms with E-state index in [-0.39, 0.29) is 17.5 Å². The van der Waals surface area contributed by atoms with Gasteiger partial charge in [-0.05, 0) is 30.5 Å². The fourth-order valence-electron chi connectivity index (χ4n) is 2.59. The van der Waals surface area contributed by atoms with Gasteiger partial charge in [0.2, 0.25) is 5.88 Å². The number of aromatic hydroxyl groups is 1. The summed E-state index contributed by atoms with van der Waals surface area (Å²) in [7, 11) is 0. The first kappa shape index (κ1) is 13.9. The molecule has 2 aromatic rings. The van der Waals surface area contributed by atoms with Crippen molar-refractivity contribution >= 4 is 15.9 Å². The third-order valence-electron chi connectivity index (χ3n) is 3.58. The van der Waals surface area contributed by atoms with Gasteiger partial charge in [0.1, 0.15) is 5.56 Å². The van der Waals surface area contributed by atoms with E-state index in [0.717, 1.165) is 4.47 Å². The van der Waals surface area contributed by atoms with Gasteiger partial charge in [-0.2, -0.15) is 0 Å². The van der Waals surface area contributed by atoms with Crippen LogP contribution in [0.25, 0.3) is 11.1 Å². The zero-order valence-corrected chi connectivity index (χ0v) is 12.6. The Kier molecular flexibility index (Phi) is 3.55. The predicted octanol–water partition coefficient (Wildman–Crippen LogP) is 2.56. The molecule has 0 atom stereocenters. The monoisotopic (exact) mass is 348 g/mol. The number of aromatic nitrogens is 2. The summed E-state index contributed by atoms with van der Waals surface area (Å²) in [5.74, 6) is -0.282. The summed E-state index contributed by atoms with van der Waals surface area (Å²) in [5.41, 5.74) is -0.492. The lowest BCUT2D eigenvalue weighted by Crippen LogP contribution is -2.32. The van der Waals surface area contributed by atoms with Gasteiger partial charge < -0.3 is 5.11 Å². The first-order valence-corrected chi connectivity index (χ1v) is 7.36. The molecular weight excluding hydrogens is 336 g/mol. The molecule has 0 saturated carbocycles. The standard InChI is InChI=1S/C15H13BrN2O3/c16-10-5-3-4-9(8-10)12-13(19)17-15(21)18(14(12)20)11-6-1-2-7-11/h1-5,8,11,20H,6-7H2,(H,17,19,21). The van der Waals surface area contributed by atoms with Gasteiger partial charge in [0.15, 0.2) is 0 Å². The quantitative estimate of drug-likeness (QED) is 0.819. The van der Waals surface area contributed by atoms with E-state index in [1.54, 1.807) is 18.2 Å². The molecule has 0 unspecified atom stereocenters. The van der Waals surface area contributed by atoms with Crippen LogP contribution in [0.3, 0.4) is 0 Å². The van der Waals surface area contributed by atoms with Gasteiger partial charge in [0.05, 0.1) is 0 Å². The first-order chi connectivity index (χ1) is 10.1. The predicted molar refractivity (Wildman–Crippen MR) is 83.5 cm³/mol. The smallest absolute Gasteiger partial charge is 0.331 e. The number of nitrogens with zero attached hydrogens (tertiary/aromatic N) is 1. The van der Waals surface area contributed by atoms with Crippen LogP contribution in [0, 0.1) is 0 Å². The maximum atomic E-state index is 12.1. The van der Waals surface area contributed by atoms with E-state index in [0.29, 0.717) is 18.4 Å². The zero-order valence-electron chi connectivity index (χ0n) is 11.0. The SMILES string of the molecule is O=c1[nH]c(=O)n(C2CC=CC2)c(O)c1-c1cccc(Br)c1. The molecule has 0 fully saturated rings. The molecule has 5 nitrogen and oxygen atoms in total. The Morgan fingerprint density at radius 3 is 2.62 bits per heavy atom. The van der Waals surface area contributed by atoms with Crippen LogP contribution in [0.4, 0.5) is 0 Å². The Morgan fingerprint density at radius 1 is 1.24 bits per heavy atom. The summed E-state index contributed by atoms with van der Waals surface area (Å²) >= 11 is 3.34. The minimum absolute atomic E-state index is 0.114. The summed E-state index contributed by atoms with van der Waals surface area (Å²) < 4.78 is 2.05. The van der Waals surface area contributed by atoms with E-state index < -0.39 is 11.2 Å². The summed E-state index contributed by atoms with van der Waals surface area (Å²) in [6, 6.07) is 6.89. The minimum atomic E-state index is -0.585. The molecule has 1 aliphatic rings. The molecule has 1 heterocycles. The van der Waals surface area contributed by atoms with Crippen molar-refractivity contribution in [3.05, 3.63) is 61.7 Å². The Hall–Kier alpha value is -2.08. The number of hydrogen-bond acceptors (Lipinski definition) is 3. The highest BCUT2D eigenvalue weighted by Gasteiger charge is 2.22. The third kappa shape index (κ3) is 2.47. The highest BCUT2D eigenvalue weighted by molar-refractivity contribution is 9.10. The lowest BCUT2D eigenvalue weighted by atomic mass is 10.1. The average Bonchev–Trinajstić information content (AvgIpc) is 2.92. The molecule has 0 saturated heterocycles. The van der Waals surface area contributed by atoms with Crippen molar-refractivity contribution in [1.29, 1.82) is 0 Å². The lowest BCUT2D eigenvalue weighted by molar-refractivity contribution is 0.370. The molecule has 0 aliphatic heterocycles. The van der Waals surface area contributed by atoms with Gasteiger partial charge in [0, 0.05) is 10.5 Å². The van der Waals surface area contributed by atoms with Gasteiger partial charge in [-0.1, -0.05) is 40.2 Å². The highest BCUT2D eigenvalue weighted by Crippen LogP contribution is 2.31. The average molecular weight is 349 g/mol. The molecule has 108 valence electrons. The Labute approximate surface area is 128 Å². The van der Waals surface area contributed by atoms with Gasteiger partial charge >= 0.3 is 5.69 Å². The molecule has 1 aliphatic carbocycles. The zero-order chi connectivity index (χ0) is 15.0. The molecule has 1 aromatic carbocycles. The molecule has 21 heavy (non-hydrogen) atoms. The molecule has 0 bridgehead atoms. The van der Waals surface area contributed by atoms with Crippen LogP contribution < -0.4 is 11.2 Å². The molecule has 0 spiro atoms. The summed E-state index contributed by atoms with van der Waals surface area (Å²) in [6.45, 7) is 0. The highest BCUT2D eigenvalue weighted by atomic mass is 79.9. The van der Waals surface area contributed by atoms with Crippen LogP contribution in [0.5, 0.6) is 5.88 Å². The number of benzene rings is 1. The van der Waals surface area contributed by atoms with Crippen LogP contribution >= 0.6 is 15.9 Å². The van der Waals surface area contributed by atoms with E-state index in [9.17, 15) is 14.7 Å². The van der Waals surface area contributed by atoms with Crippen molar-refractivity contribution < 1.29 is 5.11 Å². The molecule has 1 aromatic heterocycles. The number of aromatic amines is 1. The van der Waals surface area contributed by atoms with Crippen molar-refractivity contribution in [2.45, 2.75) is 18.9 Å². The van der Waals surface area contributed by atoms with Crippen molar-refractivity contribution in [2.75, 3.05) is 0 Å². The lowest BCUT2D eigenvalue weighted by Gasteiger charge is -2.17. The maximum absolute atomic E-state index is 12.1. The topological polar surface area (TPSA) is 75.1 Å². The van der Waals surface area contributed by atoms with Gasteiger partial charge in [0.25, 0.3) is 5.56 Å². The molecular formula is C15H13BrN2O3. The number of nitrogens with one attached hydrogen (secondary N) is 1. The Morgan fingerprint density at radius 2 is 1.95 bits per heavy atom. The van der Waals surface area contributed by atoms with Gasteiger partial charge in [-0.3, -0.25) is 14.3 Å². The Balaban J connectivity index is 2.24. The fraction of sp³-hybridized carbons (Fsp3) is 0.200. The van der Waals surface area contributed by atoms with Crippen molar-refractivity contribution in [3.63, 3.8) is 0 Å². The third-order valence-corrected chi connectivity index (χ3v) is 4.07. The number of hydrogen-bond donors (Lipinski definition) is 2. The number of rotatable bonds is 2. The van der Waals surface area contributed by atoms with E-state index in [2.05, 4.69) is 20.9 Å². The fourth-order valence-corrected chi connectivity index (χ4v) is 2.99. The maximum Gasteiger partial charge on any atom is 0.331 e. The largest absolute Gasteiger partial charge is 0.494 e. The van der Waals surface area contributed by atoms with E-state index in [4.69, 9.17) is 0 Å². The molecule has 3 rings (SSSR count). The molecule has 2 N–H and O–H groups in total. The number of halogens is 1. The first-order valence-electron chi connectivity index (χ1n) is 6.56. The van der Waals surface area contributed by atoms with Crippen molar-refractivity contribution in [2.24, 2.45) is 0 Å². The molecule has 0 radical (unpaired) electrons. The summed E-state index contributed by atoms with van der Waals surface area (Å²) in [5, 5.41) is 10.5. The van der Waals surface area contributed by atoms with Gasteiger partial charge in [-0.15, -0.1) is 0 Å². The van der Waals surface area contributed by atoms with Crippen LogP contribution in [0.15, 0.2) is 50.5 Å². The number of H-pyrrole nitrogens is 1. The summed E-state index contributed by atoms with van der Waals surface area (Å²) in [4.78, 5) is 26.4. The second-order valence-electron chi connectivity index (χ2n) is 4.93. The normalized spacial score (nSPS) is 14.7. The van der Waals surface area contributed by atoms with Crippen LogP contribution in [-0.2, 0) is 0 Å². The minimum Gasteiger partial charge on any atom is -0.494 e. The van der Waals surface area contributed by atoms with Crippen molar-refractivity contribution in [3.8, 4) is 17.0 Å². The second kappa shape index (κ2) is 5.37. The van der Waals surface area contributed by atoms with E-state index >= 15 is 0 Å². The van der Waals surface area contributed by atoms with Crippen molar-refractivity contribution in [1.82, 2.24) is 9.55 Å². The second-order valence-corrected chi connectivity index (χ2v) is 5.85. The molecule has 0 amide bonds. The van der Waals surface area contributed by atoms with Crippen LogP contribution in [0.1, 0.15) is 18.9 Å². The van der Waals surface area contributed by atoms with E-state index in [1.165, 1.54) is 4.57 Å². The van der Waals surface area contributed by atoms with Gasteiger partial charge in [-0.25, -0.2) is 4.79 Å². The van der Waals surface area contributed by atoms with Crippen LogP contribution in [-0.4, -0.2) is 14.7 Å².